The van der Waals surface area contributed by atoms with E-state index in [1.165, 1.54) is 36.9 Å². The maximum atomic E-state index is 12.4. The van der Waals surface area contributed by atoms with Gasteiger partial charge in [-0.3, -0.25) is 0 Å². The highest BCUT2D eigenvalue weighted by Gasteiger charge is 2.16. The zero-order valence-electron chi connectivity index (χ0n) is 16.8. The summed E-state index contributed by atoms with van der Waals surface area (Å²) >= 11 is 0. The summed E-state index contributed by atoms with van der Waals surface area (Å²) in [5.74, 6) is 0.259. The number of imidazole rings is 1. The highest BCUT2D eigenvalue weighted by atomic mass is 32.2. The van der Waals surface area contributed by atoms with Crippen molar-refractivity contribution < 1.29 is 22.4 Å². The van der Waals surface area contributed by atoms with Crippen molar-refractivity contribution in [1.82, 2.24) is 24.2 Å². The van der Waals surface area contributed by atoms with Gasteiger partial charge in [-0.05, 0) is 42.8 Å². The predicted octanol–water partition coefficient (Wildman–Crippen LogP) is 1.73. The van der Waals surface area contributed by atoms with E-state index in [4.69, 9.17) is 14.9 Å². The van der Waals surface area contributed by atoms with Crippen molar-refractivity contribution in [2.75, 3.05) is 12.3 Å². The van der Waals surface area contributed by atoms with Crippen molar-refractivity contribution in [2.24, 2.45) is 0 Å². The number of aromatic nitrogens is 4. The highest BCUT2D eigenvalue weighted by Crippen LogP contribution is 2.15. The summed E-state index contributed by atoms with van der Waals surface area (Å²) in [6.07, 6.45) is 4.97. The zero-order chi connectivity index (χ0) is 22.6. The fourth-order valence-corrected chi connectivity index (χ4v) is 3.97. The van der Waals surface area contributed by atoms with E-state index in [9.17, 15) is 13.2 Å². The number of carbonyl (C=O) groups is 1. The number of hydrogen-bond acceptors (Lipinski definition) is 9. The van der Waals surface area contributed by atoms with Crippen LogP contribution in [0.5, 0.6) is 0 Å². The van der Waals surface area contributed by atoms with Gasteiger partial charge in [0.25, 0.3) is 0 Å². The Kier molecular flexibility index (Phi) is 6.14. The van der Waals surface area contributed by atoms with Gasteiger partial charge in [0.05, 0.1) is 36.2 Å². The Morgan fingerprint density at radius 3 is 2.72 bits per heavy atom. The topological polar surface area (TPSA) is 155 Å². The van der Waals surface area contributed by atoms with E-state index >= 15 is 0 Å². The minimum absolute atomic E-state index is 0.0317. The molecule has 0 aliphatic rings. The smallest absolute Gasteiger partial charge is 0.338 e. The van der Waals surface area contributed by atoms with Crippen molar-refractivity contribution in [2.45, 2.75) is 24.4 Å². The molecule has 0 aliphatic heterocycles. The largest absolute Gasteiger partial charge is 0.468 e. The number of nitrogen functional groups attached to an aromatic ring is 1. The van der Waals surface area contributed by atoms with E-state index in [2.05, 4.69) is 19.7 Å². The second-order valence-electron chi connectivity index (χ2n) is 6.79. The van der Waals surface area contributed by atoms with Crippen LogP contribution in [0.1, 0.15) is 22.5 Å². The number of rotatable bonds is 9. The third-order valence-electron chi connectivity index (χ3n) is 4.62. The Bertz CT molecular complexity index is 1320. The molecular weight excluding hydrogens is 436 g/mol. The second kappa shape index (κ2) is 9.16. The lowest BCUT2D eigenvalue weighted by Gasteiger charge is -2.08. The van der Waals surface area contributed by atoms with Crippen molar-refractivity contribution in [3.05, 3.63) is 66.6 Å². The molecule has 0 bridgehead atoms. The molecular formula is C20H20N6O5S. The van der Waals surface area contributed by atoms with E-state index in [1.807, 2.05) is 0 Å². The molecule has 0 aliphatic carbocycles. The molecule has 0 fully saturated rings. The minimum Gasteiger partial charge on any atom is -0.468 e. The molecule has 11 nitrogen and oxygen atoms in total. The second-order valence-corrected chi connectivity index (χ2v) is 8.55. The molecule has 32 heavy (non-hydrogen) atoms. The predicted molar refractivity (Wildman–Crippen MR) is 114 cm³/mol. The van der Waals surface area contributed by atoms with Gasteiger partial charge in [0.2, 0.25) is 10.0 Å². The molecule has 0 atom stereocenters. The normalized spacial score (nSPS) is 11.6. The van der Waals surface area contributed by atoms with E-state index in [1.54, 1.807) is 23.0 Å². The summed E-state index contributed by atoms with van der Waals surface area (Å²) in [5, 5.41) is 0. The van der Waals surface area contributed by atoms with Crippen molar-refractivity contribution in [1.29, 1.82) is 0 Å². The number of anilines is 1. The number of carbonyl (C=O) groups excluding carboxylic acids is 1. The fourth-order valence-electron chi connectivity index (χ4n) is 2.98. The molecule has 0 radical (unpaired) electrons. The van der Waals surface area contributed by atoms with Crippen LogP contribution < -0.4 is 10.5 Å². The van der Waals surface area contributed by atoms with Crippen molar-refractivity contribution in [3.8, 4) is 0 Å². The Balaban J connectivity index is 1.28. The summed E-state index contributed by atoms with van der Waals surface area (Å²) in [5.41, 5.74) is 7.15. The number of benzene rings is 1. The molecule has 3 N–H and O–H groups in total. The lowest BCUT2D eigenvalue weighted by molar-refractivity contribution is 0.0496. The fraction of sp³-hybridized carbons (Fsp3) is 0.200. The first-order valence-electron chi connectivity index (χ1n) is 9.64. The standard InChI is InChI=1S/C20H20N6O5S/c21-18-17-19(23-12-22-18)26(13-24-17)8-2-10-31-20(27)14-4-6-16(7-5-14)32(28,29)25-11-15-3-1-9-30-15/h1,3-7,9,12-13,25H,2,8,10-11H2,(H2,21,22,23). The monoisotopic (exact) mass is 456 g/mol. The van der Waals surface area contributed by atoms with E-state index < -0.39 is 16.0 Å². The summed E-state index contributed by atoms with van der Waals surface area (Å²) < 4.78 is 39.3. The quantitative estimate of drug-likeness (QED) is 0.283. The number of ether oxygens (including phenoxy) is 1. The molecule has 0 unspecified atom stereocenters. The average molecular weight is 456 g/mol. The lowest BCUT2D eigenvalue weighted by atomic mass is 10.2. The van der Waals surface area contributed by atoms with Gasteiger partial charge in [0.15, 0.2) is 11.5 Å². The van der Waals surface area contributed by atoms with Gasteiger partial charge in [-0.1, -0.05) is 0 Å². The third kappa shape index (κ3) is 4.76. The summed E-state index contributed by atoms with van der Waals surface area (Å²) in [6, 6.07) is 8.86. The van der Waals surface area contributed by atoms with Crippen molar-refractivity contribution in [3.63, 3.8) is 0 Å². The van der Waals surface area contributed by atoms with E-state index in [0.717, 1.165) is 0 Å². The maximum Gasteiger partial charge on any atom is 0.338 e. The van der Waals surface area contributed by atoms with Crippen LogP contribution in [0, 0.1) is 0 Å². The highest BCUT2D eigenvalue weighted by molar-refractivity contribution is 7.89. The number of esters is 1. The Hall–Kier alpha value is -3.77. The maximum absolute atomic E-state index is 12.4. The van der Waals surface area contributed by atoms with Gasteiger partial charge in [-0.25, -0.2) is 32.9 Å². The van der Waals surface area contributed by atoms with Crippen LogP contribution in [0.2, 0.25) is 0 Å². The number of furan rings is 1. The molecule has 1 aromatic carbocycles. The van der Waals surface area contributed by atoms with Gasteiger partial charge in [0.1, 0.15) is 17.6 Å². The zero-order valence-corrected chi connectivity index (χ0v) is 17.7. The molecule has 0 spiro atoms. The molecule has 0 saturated heterocycles. The van der Waals surface area contributed by atoms with Crippen LogP contribution >= 0.6 is 0 Å². The first-order valence-corrected chi connectivity index (χ1v) is 11.1. The van der Waals surface area contributed by atoms with Crippen LogP contribution in [0.25, 0.3) is 11.2 Å². The van der Waals surface area contributed by atoms with Gasteiger partial charge in [-0.15, -0.1) is 0 Å². The molecule has 4 rings (SSSR count). The van der Waals surface area contributed by atoms with Crippen LogP contribution in [-0.4, -0.2) is 40.5 Å². The first kappa shape index (κ1) is 21.5. The summed E-state index contributed by atoms with van der Waals surface area (Å²) in [4.78, 5) is 24.5. The molecule has 166 valence electrons. The average Bonchev–Trinajstić information content (AvgIpc) is 3.46. The number of nitrogens with two attached hydrogens (primary N) is 1. The number of nitrogens with one attached hydrogen (secondary N) is 1. The Labute approximate surface area is 183 Å². The third-order valence-corrected chi connectivity index (χ3v) is 6.04. The van der Waals surface area contributed by atoms with Crippen LogP contribution in [0.15, 0.2) is 64.6 Å². The molecule has 3 aromatic heterocycles. The molecule has 4 aromatic rings. The molecule has 12 heteroatoms. The first-order chi connectivity index (χ1) is 15.4. The number of fused-ring (bicyclic) bond motifs is 1. The van der Waals surface area contributed by atoms with Gasteiger partial charge >= 0.3 is 5.97 Å². The van der Waals surface area contributed by atoms with E-state index in [-0.39, 0.29) is 23.6 Å². The molecule has 3 heterocycles. The number of aryl methyl sites for hydroxylation is 1. The Morgan fingerprint density at radius 1 is 1.16 bits per heavy atom. The molecule has 0 amide bonds. The van der Waals surface area contributed by atoms with Crippen LogP contribution in [-0.2, 0) is 27.8 Å². The number of nitrogens with zero attached hydrogens (tertiary/aromatic N) is 4. The van der Waals surface area contributed by atoms with Crippen LogP contribution in [0.4, 0.5) is 5.82 Å². The number of sulfonamides is 1. The van der Waals surface area contributed by atoms with Gasteiger partial charge in [-0.2, -0.15) is 0 Å². The Morgan fingerprint density at radius 2 is 1.97 bits per heavy atom. The molecule has 0 saturated carbocycles. The summed E-state index contributed by atoms with van der Waals surface area (Å²) in [6.45, 7) is 0.729. The number of hydrogen-bond donors (Lipinski definition) is 2. The van der Waals surface area contributed by atoms with Crippen LogP contribution in [0.3, 0.4) is 0 Å². The minimum atomic E-state index is -3.74. The van der Waals surface area contributed by atoms with Gasteiger partial charge < -0.3 is 19.5 Å². The van der Waals surface area contributed by atoms with Gasteiger partial charge in [0, 0.05) is 6.54 Å². The summed E-state index contributed by atoms with van der Waals surface area (Å²) in [7, 11) is -3.74. The SMILES string of the molecule is Nc1ncnc2c1ncn2CCCOC(=O)c1ccc(S(=O)(=O)NCc2ccco2)cc1. The lowest BCUT2D eigenvalue weighted by Crippen LogP contribution is -2.23. The van der Waals surface area contributed by atoms with Crippen molar-refractivity contribution >= 4 is 33.0 Å². The van der Waals surface area contributed by atoms with E-state index in [0.29, 0.717) is 35.7 Å².